The number of ether oxygens (including phenoxy) is 2. The van der Waals surface area contributed by atoms with Gasteiger partial charge >= 0.3 is 0 Å². The number of methoxy groups -OCH3 is 1. The molecule has 0 aliphatic rings. The Kier molecular flexibility index (Phi) is 5.58. The fourth-order valence-corrected chi connectivity index (χ4v) is 1.67. The summed E-state index contributed by atoms with van der Waals surface area (Å²) < 4.78 is 10.6. The second-order valence-corrected chi connectivity index (χ2v) is 3.68. The van der Waals surface area contributed by atoms with Crippen LogP contribution in [0.1, 0.15) is 12.5 Å². The lowest BCUT2D eigenvalue weighted by Crippen LogP contribution is -2.17. The molecule has 3 heteroatoms. The Labute approximate surface area is 97.0 Å². The Morgan fingerprint density at radius 2 is 1.93 bits per heavy atom. The van der Waals surface area contributed by atoms with E-state index in [1.54, 1.807) is 7.11 Å². The number of hydrogen-bond donors (Lipinski definition) is 1. The minimum Gasteiger partial charge on any atom is -0.497 e. The van der Waals surface area contributed by atoms with Crippen LogP contribution in [0.5, 0.6) is 5.75 Å². The van der Waals surface area contributed by atoms with Crippen LogP contribution in [0.4, 0.5) is 0 Å². The zero-order valence-corrected chi connectivity index (χ0v) is 10.2. The normalized spacial score (nSPS) is 12.5. The second-order valence-electron chi connectivity index (χ2n) is 3.31. The van der Waals surface area contributed by atoms with Crippen LogP contribution in [-0.2, 0) is 11.2 Å². The minimum absolute atomic E-state index is 0.201. The molecule has 1 atom stereocenters. The van der Waals surface area contributed by atoms with Gasteiger partial charge in [-0.3, -0.25) is 0 Å². The summed E-state index contributed by atoms with van der Waals surface area (Å²) in [4.78, 5) is 0. The molecule has 0 N–H and O–H groups in total. The van der Waals surface area contributed by atoms with E-state index in [4.69, 9.17) is 9.47 Å². The summed E-state index contributed by atoms with van der Waals surface area (Å²) in [5, 5.41) is 0. The highest BCUT2D eigenvalue weighted by atomic mass is 32.1. The molecule has 0 unspecified atom stereocenters. The summed E-state index contributed by atoms with van der Waals surface area (Å²) >= 11 is 4.27. The largest absolute Gasteiger partial charge is 0.497 e. The molecule has 0 amide bonds. The molecule has 1 rings (SSSR count). The van der Waals surface area contributed by atoms with E-state index in [1.165, 1.54) is 5.56 Å². The first-order chi connectivity index (χ1) is 7.30. The molecule has 1 aromatic rings. The van der Waals surface area contributed by atoms with Crippen LogP contribution in [0.25, 0.3) is 0 Å². The molecule has 2 nitrogen and oxygen atoms in total. The fourth-order valence-electron chi connectivity index (χ4n) is 1.44. The lowest BCUT2D eigenvalue weighted by molar-refractivity contribution is 0.0804. The molecule has 0 spiro atoms. The first kappa shape index (κ1) is 12.4. The summed E-state index contributed by atoms with van der Waals surface area (Å²) in [6, 6.07) is 8.07. The molecule has 15 heavy (non-hydrogen) atoms. The topological polar surface area (TPSA) is 18.5 Å². The van der Waals surface area contributed by atoms with E-state index in [-0.39, 0.29) is 6.10 Å². The van der Waals surface area contributed by atoms with Crippen molar-refractivity contribution in [3.8, 4) is 5.75 Å². The molecule has 0 saturated heterocycles. The highest BCUT2D eigenvalue weighted by molar-refractivity contribution is 7.80. The number of benzene rings is 1. The van der Waals surface area contributed by atoms with Crippen LogP contribution >= 0.6 is 12.6 Å². The Balaban J connectivity index is 2.55. The van der Waals surface area contributed by atoms with Gasteiger partial charge in [0.15, 0.2) is 0 Å². The standard InChI is InChI=1S/C12H18O2S/c1-3-14-12(9-15)8-10-4-6-11(13-2)7-5-10/h4-7,12,15H,3,8-9H2,1-2H3/t12-/m1/s1. The molecular weight excluding hydrogens is 208 g/mol. The summed E-state index contributed by atoms with van der Waals surface area (Å²) in [5.74, 6) is 1.64. The molecule has 0 aromatic heterocycles. The van der Waals surface area contributed by atoms with Gasteiger partial charge in [-0.15, -0.1) is 0 Å². The van der Waals surface area contributed by atoms with E-state index < -0.39 is 0 Å². The van der Waals surface area contributed by atoms with Gasteiger partial charge in [0, 0.05) is 12.4 Å². The van der Waals surface area contributed by atoms with Gasteiger partial charge in [-0.05, 0) is 31.0 Å². The predicted molar refractivity (Wildman–Crippen MR) is 66.0 cm³/mol. The molecule has 0 aliphatic heterocycles. The summed E-state index contributed by atoms with van der Waals surface area (Å²) in [6.07, 6.45) is 1.10. The maximum atomic E-state index is 5.54. The number of thiol groups is 1. The second kappa shape index (κ2) is 6.75. The zero-order chi connectivity index (χ0) is 11.1. The maximum absolute atomic E-state index is 5.54. The van der Waals surface area contributed by atoms with Gasteiger partial charge in [-0.25, -0.2) is 0 Å². The van der Waals surface area contributed by atoms with Crippen LogP contribution in [0, 0.1) is 0 Å². The van der Waals surface area contributed by atoms with Crippen molar-refractivity contribution in [2.75, 3.05) is 19.5 Å². The van der Waals surface area contributed by atoms with Gasteiger partial charge in [-0.1, -0.05) is 12.1 Å². The van der Waals surface area contributed by atoms with E-state index >= 15 is 0 Å². The minimum atomic E-state index is 0.201. The van der Waals surface area contributed by atoms with Gasteiger partial charge in [0.1, 0.15) is 5.75 Å². The monoisotopic (exact) mass is 226 g/mol. The third kappa shape index (κ3) is 4.14. The van der Waals surface area contributed by atoms with Crippen LogP contribution < -0.4 is 4.74 Å². The SMILES string of the molecule is CCO[C@@H](CS)Cc1ccc(OC)cc1. The van der Waals surface area contributed by atoms with E-state index in [9.17, 15) is 0 Å². The molecule has 0 fully saturated rings. The lowest BCUT2D eigenvalue weighted by atomic mass is 10.1. The highest BCUT2D eigenvalue weighted by Crippen LogP contribution is 2.14. The Morgan fingerprint density at radius 3 is 2.40 bits per heavy atom. The molecule has 0 saturated carbocycles. The number of rotatable bonds is 6. The zero-order valence-electron chi connectivity index (χ0n) is 9.27. The molecule has 0 aliphatic carbocycles. The Morgan fingerprint density at radius 1 is 1.27 bits per heavy atom. The maximum Gasteiger partial charge on any atom is 0.118 e. The molecular formula is C12H18O2S. The van der Waals surface area contributed by atoms with Crippen LogP contribution in [0.15, 0.2) is 24.3 Å². The first-order valence-corrected chi connectivity index (χ1v) is 5.78. The third-order valence-corrected chi connectivity index (χ3v) is 2.64. The summed E-state index contributed by atoms with van der Waals surface area (Å²) in [7, 11) is 1.67. The van der Waals surface area contributed by atoms with Crippen molar-refractivity contribution < 1.29 is 9.47 Å². The van der Waals surface area contributed by atoms with Gasteiger partial charge in [0.2, 0.25) is 0 Å². The van der Waals surface area contributed by atoms with Crippen molar-refractivity contribution in [2.45, 2.75) is 19.4 Å². The van der Waals surface area contributed by atoms with Crippen molar-refractivity contribution in [3.05, 3.63) is 29.8 Å². The molecule has 0 radical (unpaired) electrons. The summed E-state index contributed by atoms with van der Waals surface area (Å²) in [6.45, 7) is 2.74. The lowest BCUT2D eigenvalue weighted by Gasteiger charge is -2.14. The van der Waals surface area contributed by atoms with Gasteiger partial charge in [0.05, 0.1) is 13.2 Å². The third-order valence-electron chi connectivity index (χ3n) is 2.23. The predicted octanol–water partition coefficient (Wildman–Crippen LogP) is 2.57. The average molecular weight is 226 g/mol. The molecule has 1 aromatic carbocycles. The van der Waals surface area contributed by atoms with Crippen molar-refractivity contribution in [1.82, 2.24) is 0 Å². The summed E-state index contributed by atoms with van der Waals surface area (Å²) in [5.41, 5.74) is 1.25. The number of hydrogen-bond acceptors (Lipinski definition) is 3. The smallest absolute Gasteiger partial charge is 0.118 e. The highest BCUT2D eigenvalue weighted by Gasteiger charge is 2.07. The van der Waals surface area contributed by atoms with Crippen molar-refractivity contribution >= 4 is 12.6 Å². The van der Waals surface area contributed by atoms with Crippen LogP contribution in [0.2, 0.25) is 0 Å². The first-order valence-electron chi connectivity index (χ1n) is 5.15. The van der Waals surface area contributed by atoms with E-state index in [2.05, 4.69) is 24.8 Å². The Hall–Kier alpha value is -0.670. The Bertz CT molecular complexity index is 271. The van der Waals surface area contributed by atoms with Crippen LogP contribution in [-0.4, -0.2) is 25.6 Å². The molecule has 0 bridgehead atoms. The van der Waals surface area contributed by atoms with Gasteiger partial charge < -0.3 is 9.47 Å². The van der Waals surface area contributed by atoms with Crippen molar-refractivity contribution in [1.29, 1.82) is 0 Å². The average Bonchev–Trinajstić information content (AvgIpc) is 2.29. The van der Waals surface area contributed by atoms with Crippen molar-refractivity contribution in [2.24, 2.45) is 0 Å². The van der Waals surface area contributed by atoms with Crippen LogP contribution in [0.3, 0.4) is 0 Å². The molecule has 0 heterocycles. The van der Waals surface area contributed by atoms with Crippen molar-refractivity contribution in [3.63, 3.8) is 0 Å². The van der Waals surface area contributed by atoms with E-state index in [0.717, 1.165) is 24.5 Å². The van der Waals surface area contributed by atoms with E-state index in [1.807, 2.05) is 19.1 Å². The molecule has 84 valence electrons. The van der Waals surface area contributed by atoms with E-state index in [0.29, 0.717) is 0 Å². The fraction of sp³-hybridized carbons (Fsp3) is 0.500. The van der Waals surface area contributed by atoms with Gasteiger partial charge in [0.25, 0.3) is 0 Å². The van der Waals surface area contributed by atoms with Gasteiger partial charge in [-0.2, -0.15) is 12.6 Å². The quantitative estimate of drug-likeness (QED) is 0.752.